The number of carboxylic acids is 1. The SMILES string of the molecule is O=C(O)c1cn(S)c2ccccc12. The van der Waals surface area contributed by atoms with Gasteiger partial charge < -0.3 is 5.11 Å². The Morgan fingerprint density at radius 1 is 1.38 bits per heavy atom. The van der Waals surface area contributed by atoms with E-state index in [-0.39, 0.29) is 5.56 Å². The third-order valence-corrected chi connectivity index (χ3v) is 2.25. The lowest BCUT2D eigenvalue weighted by Gasteiger charge is -1.91. The van der Waals surface area contributed by atoms with Gasteiger partial charge in [0.05, 0.1) is 11.1 Å². The lowest BCUT2D eigenvalue weighted by Crippen LogP contribution is -1.93. The molecule has 0 unspecified atom stereocenters. The van der Waals surface area contributed by atoms with Gasteiger partial charge in [-0.25, -0.2) is 4.79 Å². The van der Waals surface area contributed by atoms with Crippen molar-refractivity contribution in [2.75, 3.05) is 0 Å². The number of aromatic nitrogens is 1. The Morgan fingerprint density at radius 2 is 2.08 bits per heavy atom. The summed E-state index contributed by atoms with van der Waals surface area (Å²) in [6.07, 6.45) is 1.50. The number of para-hydroxylation sites is 1. The minimum Gasteiger partial charge on any atom is -0.478 e. The maximum absolute atomic E-state index is 10.8. The summed E-state index contributed by atoms with van der Waals surface area (Å²) in [5.74, 6) is -0.927. The highest BCUT2D eigenvalue weighted by Crippen LogP contribution is 2.21. The van der Waals surface area contributed by atoms with Crippen LogP contribution in [0.1, 0.15) is 10.4 Å². The number of aromatic carboxylic acids is 1. The Bertz CT molecular complexity index is 475. The first-order chi connectivity index (χ1) is 6.20. The molecular weight excluding hydrogens is 186 g/mol. The van der Waals surface area contributed by atoms with Crippen LogP contribution in [0.2, 0.25) is 0 Å². The van der Waals surface area contributed by atoms with Crippen molar-refractivity contribution in [3.8, 4) is 0 Å². The molecule has 0 aliphatic heterocycles. The molecule has 0 saturated carbocycles. The quantitative estimate of drug-likeness (QED) is 0.680. The largest absolute Gasteiger partial charge is 0.478 e. The molecule has 13 heavy (non-hydrogen) atoms. The predicted octanol–water partition coefficient (Wildman–Crippen LogP) is 2.03. The molecule has 0 radical (unpaired) electrons. The van der Waals surface area contributed by atoms with Crippen LogP contribution in [0.15, 0.2) is 30.5 Å². The van der Waals surface area contributed by atoms with E-state index in [0.29, 0.717) is 5.39 Å². The van der Waals surface area contributed by atoms with E-state index in [1.165, 1.54) is 10.2 Å². The summed E-state index contributed by atoms with van der Waals surface area (Å²) < 4.78 is 1.51. The molecule has 0 atom stereocenters. The second-order valence-corrected chi connectivity index (χ2v) is 3.14. The molecule has 0 saturated heterocycles. The van der Waals surface area contributed by atoms with E-state index in [0.717, 1.165) is 5.52 Å². The van der Waals surface area contributed by atoms with Gasteiger partial charge >= 0.3 is 5.97 Å². The maximum atomic E-state index is 10.8. The smallest absolute Gasteiger partial charge is 0.337 e. The summed E-state index contributed by atoms with van der Waals surface area (Å²) in [6, 6.07) is 7.25. The molecule has 2 aromatic rings. The van der Waals surface area contributed by atoms with Crippen LogP contribution in [0.5, 0.6) is 0 Å². The molecule has 1 aromatic heterocycles. The number of fused-ring (bicyclic) bond motifs is 1. The van der Waals surface area contributed by atoms with Crippen LogP contribution in [0.3, 0.4) is 0 Å². The lowest BCUT2D eigenvalue weighted by molar-refractivity contribution is 0.0699. The molecule has 0 bridgehead atoms. The molecule has 0 aliphatic carbocycles. The average molecular weight is 193 g/mol. The van der Waals surface area contributed by atoms with E-state index < -0.39 is 5.97 Å². The van der Waals surface area contributed by atoms with Gasteiger partial charge in [-0.1, -0.05) is 31.0 Å². The minimum absolute atomic E-state index is 0.283. The maximum Gasteiger partial charge on any atom is 0.337 e. The van der Waals surface area contributed by atoms with Crippen LogP contribution in [0.25, 0.3) is 10.9 Å². The van der Waals surface area contributed by atoms with Gasteiger partial charge in [0.15, 0.2) is 0 Å². The molecule has 1 N–H and O–H groups in total. The number of thiol groups is 1. The fourth-order valence-corrected chi connectivity index (χ4v) is 1.62. The van der Waals surface area contributed by atoms with Gasteiger partial charge in [-0.15, -0.1) is 0 Å². The average Bonchev–Trinajstić information content (AvgIpc) is 2.45. The second-order valence-electron chi connectivity index (χ2n) is 2.71. The summed E-state index contributed by atoms with van der Waals surface area (Å²) in [5, 5.41) is 9.56. The number of nitrogens with zero attached hydrogens (tertiary/aromatic N) is 1. The van der Waals surface area contributed by atoms with E-state index in [9.17, 15) is 4.79 Å². The molecule has 1 heterocycles. The van der Waals surface area contributed by atoms with E-state index in [2.05, 4.69) is 12.8 Å². The monoisotopic (exact) mass is 193 g/mol. The number of hydrogen-bond acceptors (Lipinski definition) is 2. The van der Waals surface area contributed by atoms with Crippen LogP contribution in [0, 0.1) is 0 Å². The van der Waals surface area contributed by atoms with Gasteiger partial charge in [0.1, 0.15) is 0 Å². The summed E-state index contributed by atoms with van der Waals surface area (Å²) in [7, 11) is 0. The Hall–Kier alpha value is -1.42. The molecule has 0 fully saturated rings. The standard InChI is InChI=1S/C9H7NO2S/c11-9(12)7-5-10(13)8-4-2-1-3-6(7)8/h1-5,13H,(H,11,12). The number of benzene rings is 1. The predicted molar refractivity (Wildman–Crippen MR) is 53.3 cm³/mol. The first-order valence-corrected chi connectivity index (χ1v) is 4.13. The molecule has 4 heteroatoms. The van der Waals surface area contributed by atoms with Crippen molar-refractivity contribution in [2.45, 2.75) is 0 Å². The van der Waals surface area contributed by atoms with Gasteiger partial charge in [0, 0.05) is 11.6 Å². The van der Waals surface area contributed by atoms with Gasteiger partial charge in [-0.2, -0.15) is 0 Å². The molecule has 66 valence electrons. The van der Waals surface area contributed by atoms with Crippen molar-refractivity contribution in [1.29, 1.82) is 0 Å². The van der Waals surface area contributed by atoms with Gasteiger partial charge in [-0.05, 0) is 6.07 Å². The summed E-state index contributed by atoms with van der Waals surface area (Å²) >= 11 is 4.12. The van der Waals surface area contributed by atoms with Crippen molar-refractivity contribution in [3.05, 3.63) is 36.0 Å². The first-order valence-electron chi connectivity index (χ1n) is 3.73. The highest BCUT2D eigenvalue weighted by Gasteiger charge is 2.11. The molecule has 2 rings (SSSR count). The fourth-order valence-electron chi connectivity index (χ4n) is 1.33. The van der Waals surface area contributed by atoms with Crippen molar-refractivity contribution in [2.24, 2.45) is 0 Å². The van der Waals surface area contributed by atoms with E-state index in [1.807, 2.05) is 18.2 Å². The number of carboxylic acid groups (broad SMARTS) is 1. The summed E-state index contributed by atoms with van der Waals surface area (Å²) in [6.45, 7) is 0. The van der Waals surface area contributed by atoms with Crippen LogP contribution in [-0.2, 0) is 0 Å². The third kappa shape index (κ3) is 1.19. The van der Waals surface area contributed by atoms with Crippen LogP contribution < -0.4 is 0 Å². The Labute approximate surface area is 80.1 Å². The molecular formula is C9H7NO2S. The molecule has 0 amide bonds. The normalized spacial score (nSPS) is 10.5. The Morgan fingerprint density at radius 3 is 2.77 bits per heavy atom. The van der Waals surface area contributed by atoms with E-state index in [4.69, 9.17) is 5.11 Å². The highest BCUT2D eigenvalue weighted by atomic mass is 32.1. The topological polar surface area (TPSA) is 42.2 Å². The minimum atomic E-state index is -0.927. The third-order valence-electron chi connectivity index (χ3n) is 1.92. The van der Waals surface area contributed by atoms with E-state index in [1.54, 1.807) is 6.07 Å². The molecule has 1 aromatic carbocycles. The van der Waals surface area contributed by atoms with Gasteiger partial charge in [-0.3, -0.25) is 3.97 Å². The van der Waals surface area contributed by atoms with Crippen molar-refractivity contribution in [3.63, 3.8) is 0 Å². The van der Waals surface area contributed by atoms with E-state index >= 15 is 0 Å². The van der Waals surface area contributed by atoms with Crippen molar-refractivity contribution < 1.29 is 9.90 Å². The summed E-state index contributed by atoms with van der Waals surface area (Å²) in [5.41, 5.74) is 1.09. The zero-order valence-corrected chi connectivity index (χ0v) is 7.53. The fraction of sp³-hybridized carbons (Fsp3) is 0. The van der Waals surface area contributed by atoms with Crippen molar-refractivity contribution >= 4 is 29.7 Å². The van der Waals surface area contributed by atoms with Gasteiger partial charge in [0.2, 0.25) is 0 Å². The first kappa shape index (κ1) is 8.19. The summed E-state index contributed by atoms with van der Waals surface area (Å²) in [4.78, 5) is 10.8. The lowest BCUT2D eigenvalue weighted by atomic mass is 10.2. The second kappa shape index (κ2) is 2.81. The number of rotatable bonds is 1. The van der Waals surface area contributed by atoms with Crippen LogP contribution in [0.4, 0.5) is 0 Å². The molecule has 0 aliphatic rings. The van der Waals surface area contributed by atoms with Crippen LogP contribution >= 0.6 is 12.8 Å². The number of carbonyl (C=O) groups is 1. The molecule has 0 spiro atoms. The highest BCUT2D eigenvalue weighted by molar-refractivity contribution is 7.78. The zero-order chi connectivity index (χ0) is 9.42. The van der Waals surface area contributed by atoms with Crippen molar-refractivity contribution in [1.82, 2.24) is 3.97 Å². The zero-order valence-electron chi connectivity index (χ0n) is 6.64. The van der Waals surface area contributed by atoms with Crippen LogP contribution in [-0.4, -0.2) is 15.0 Å². The molecule has 3 nitrogen and oxygen atoms in total. The number of hydrogen-bond donors (Lipinski definition) is 2. The Kier molecular flexibility index (Phi) is 1.77. The Balaban J connectivity index is 2.85. The van der Waals surface area contributed by atoms with Gasteiger partial charge in [0.25, 0.3) is 0 Å².